The first-order valence-corrected chi connectivity index (χ1v) is 7.37. The first-order valence-electron chi connectivity index (χ1n) is 7.37. The summed E-state index contributed by atoms with van der Waals surface area (Å²) in [6.45, 7) is 4.50. The van der Waals surface area contributed by atoms with Gasteiger partial charge in [0.1, 0.15) is 5.82 Å². The van der Waals surface area contributed by atoms with E-state index in [1.54, 1.807) is 12.3 Å². The Labute approximate surface area is 124 Å². The predicted molar refractivity (Wildman–Crippen MR) is 82.4 cm³/mol. The average Bonchev–Trinajstić information content (AvgIpc) is 3.16. The number of aryl methyl sites for hydroxylation is 1. The molecule has 21 heavy (non-hydrogen) atoms. The van der Waals surface area contributed by atoms with E-state index >= 15 is 0 Å². The number of anilines is 1. The molecule has 5 heteroatoms. The summed E-state index contributed by atoms with van der Waals surface area (Å²) in [5.41, 5.74) is 2.65. The number of pyridine rings is 1. The second-order valence-electron chi connectivity index (χ2n) is 5.38. The lowest BCUT2D eigenvalue weighted by molar-refractivity contribution is 0.0950. The highest BCUT2D eigenvalue weighted by atomic mass is 16.1. The maximum atomic E-state index is 12.2. The Hall–Kier alpha value is -2.30. The average molecular weight is 284 g/mol. The van der Waals surface area contributed by atoms with Gasteiger partial charge in [0.2, 0.25) is 0 Å². The predicted octanol–water partition coefficient (Wildman–Crippen LogP) is 2.25. The van der Waals surface area contributed by atoms with E-state index in [0.29, 0.717) is 12.1 Å². The third-order valence-electron chi connectivity index (χ3n) is 3.91. The molecule has 0 aromatic carbocycles. The third-order valence-corrected chi connectivity index (χ3v) is 3.91. The fraction of sp³-hybridized carbons (Fsp3) is 0.375. The summed E-state index contributed by atoms with van der Waals surface area (Å²) < 4.78 is 0. The van der Waals surface area contributed by atoms with Crippen molar-refractivity contribution in [3.8, 4) is 0 Å². The van der Waals surface area contributed by atoms with Crippen molar-refractivity contribution in [2.75, 3.05) is 18.0 Å². The Kier molecular flexibility index (Phi) is 3.90. The number of hydrogen-bond acceptors (Lipinski definition) is 3. The molecule has 0 unspecified atom stereocenters. The van der Waals surface area contributed by atoms with Crippen molar-refractivity contribution in [1.82, 2.24) is 15.3 Å². The number of nitrogens with zero attached hydrogens (tertiary/aromatic N) is 2. The molecule has 110 valence electrons. The maximum absolute atomic E-state index is 12.2. The molecule has 1 saturated heterocycles. The Balaban J connectivity index is 1.70. The van der Waals surface area contributed by atoms with Crippen molar-refractivity contribution >= 4 is 11.7 Å². The smallest absolute Gasteiger partial charge is 0.253 e. The van der Waals surface area contributed by atoms with Crippen molar-refractivity contribution in [3.63, 3.8) is 0 Å². The van der Waals surface area contributed by atoms with Crippen molar-refractivity contribution < 1.29 is 4.79 Å². The summed E-state index contributed by atoms with van der Waals surface area (Å²) in [5.74, 6) is 0.950. The SMILES string of the molecule is Cc1[nH]ccc1C(=O)NCc1cccnc1N1CCCC1. The molecule has 1 fully saturated rings. The number of nitrogens with one attached hydrogen (secondary N) is 2. The number of amides is 1. The number of aromatic nitrogens is 2. The second kappa shape index (κ2) is 5.99. The van der Waals surface area contributed by atoms with Crippen LogP contribution in [-0.2, 0) is 6.54 Å². The van der Waals surface area contributed by atoms with Crippen LogP contribution < -0.4 is 10.2 Å². The fourth-order valence-corrected chi connectivity index (χ4v) is 2.75. The van der Waals surface area contributed by atoms with Gasteiger partial charge in [0, 0.05) is 43.3 Å². The number of rotatable bonds is 4. The van der Waals surface area contributed by atoms with E-state index in [1.165, 1.54) is 12.8 Å². The Morgan fingerprint density at radius 1 is 1.38 bits per heavy atom. The normalized spacial score (nSPS) is 14.4. The zero-order valence-corrected chi connectivity index (χ0v) is 12.2. The number of H-pyrrole nitrogens is 1. The molecule has 0 bridgehead atoms. The van der Waals surface area contributed by atoms with Gasteiger partial charge in [-0.25, -0.2) is 4.98 Å². The van der Waals surface area contributed by atoms with Gasteiger partial charge in [-0.1, -0.05) is 6.07 Å². The van der Waals surface area contributed by atoms with E-state index < -0.39 is 0 Å². The van der Waals surface area contributed by atoms with Crippen LogP contribution >= 0.6 is 0 Å². The number of hydrogen-bond donors (Lipinski definition) is 2. The van der Waals surface area contributed by atoms with Gasteiger partial charge >= 0.3 is 0 Å². The lowest BCUT2D eigenvalue weighted by atomic mass is 10.2. The molecule has 3 heterocycles. The van der Waals surface area contributed by atoms with Crippen LogP contribution in [0.3, 0.4) is 0 Å². The monoisotopic (exact) mass is 284 g/mol. The van der Waals surface area contributed by atoms with Gasteiger partial charge in [0.25, 0.3) is 5.91 Å². The van der Waals surface area contributed by atoms with E-state index in [4.69, 9.17) is 0 Å². The molecule has 2 aromatic rings. The van der Waals surface area contributed by atoms with Gasteiger partial charge < -0.3 is 15.2 Å². The van der Waals surface area contributed by atoms with Crippen molar-refractivity contribution in [3.05, 3.63) is 47.4 Å². The van der Waals surface area contributed by atoms with E-state index in [-0.39, 0.29) is 5.91 Å². The zero-order valence-electron chi connectivity index (χ0n) is 12.2. The highest BCUT2D eigenvalue weighted by Crippen LogP contribution is 2.21. The number of carbonyl (C=O) groups excluding carboxylic acids is 1. The largest absolute Gasteiger partial charge is 0.365 e. The Morgan fingerprint density at radius 2 is 2.19 bits per heavy atom. The minimum Gasteiger partial charge on any atom is -0.365 e. The van der Waals surface area contributed by atoms with E-state index in [9.17, 15) is 4.79 Å². The molecule has 2 aromatic heterocycles. The standard InChI is InChI=1S/C16H20N4O/c1-12-14(6-8-17-12)16(21)19-11-13-5-4-7-18-15(13)20-9-2-3-10-20/h4-8,17H,2-3,9-11H2,1H3,(H,19,21). The summed E-state index contributed by atoms with van der Waals surface area (Å²) in [6.07, 6.45) is 6.02. The lowest BCUT2D eigenvalue weighted by Gasteiger charge is -2.19. The van der Waals surface area contributed by atoms with Crippen LogP contribution in [0.15, 0.2) is 30.6 Å². The molecular formula is C16H20N4O. The van der Waals surface area contributed by atoms with Crippen LogP contribution in [-0.4, -0.2) is 29.0 Å². The molecule has 1 aliphatic heterocycles. The highest BCUT2D eigenvalue weighted by Gasteiger charge is 2.17. The van der Waals surface area contributed by atoms with Crippen molar-refractivity contribution in [2.24, 2.45) is 0 Å². The van der Waals surface area contributed by atoms with Gasteiger partial charge in [0.15, 0.2) is 0 Å². The molecule has 1 amide bonds. The van der Waals surface area contributed by atoms with E-state index in [0.717, 1.165) is 30.2 Å². The molecule has 0 radical (unpaired) electrons. The highest BCUT2D eigenvalue weighted by molar-refractivity contribution is 5.95. The van der Waals surface area contributed by atoms with Gasteiger partial charge in [0.05, 0.1) is 5.56 Å². The topological polar surface area (TPSA) is 61.0 Å². The minimum absolute atomic E-state index is 0.0509. The first-order chi connectivity index (χ1) is 10.3. The van der Waals surface area contributed by atoms with Crippen molar-refractivity contribution in [2.45, 2.75) is 26.3 Å². The quantitative estimate of drug-likeness (QED) is 0.905. The minimum atomic E-state index is -0.0509. The second-order valence-corrected chi connectivity index (χ2v) is 5.38. The molecular weight excluding hydrogens is 264 g/mol. The summed E-state index contributed by atoms with van der Waals surface area (Å²) >= 11 is 0. The molecule has 2 N–H and O–H groups in total. The van der Waals surface area contributed by atoms with Gasteiger partial charge in [-0.2, -0.15) is 0 Å². The molecule has 5 nitrogen and oxygen atoms in total. The Bertz CT molecular complexity index is 629. The molecule has 0 atom stereocenters. The van der Waals surface area contributed by atoms with Gasteiger partial charge in [-0.05, 0) is 31.9 Å². The molecule has 3 rings (SSSR count). The third kappa shape index (κ3) is 2.91. The maximum Gasteiger partial charge on any atom is 0.253 e. The van der Waals surface area contributed by atoms with Gasteiger partial charge in [-0.15, -0.1) is 0 Å². The van der Waals surface area contributed by atoms with E-state index in [2.05, 4.69) is 20.2 Å². The number of aromatic amines is 1. The van der Waals surface area contributed by atoms with Crippen LogP contribution in [0.5, 0.6) is 0 Å². The molecule has 0 spiro atoms. The fourth-order valence-electron chi connectivity index (χ4n) is 2.75. The lowest BCUT2D eigenvalue weighted by Crippen LogP contribution is -2.26. The Morgan fingerprint density at radius 3 is 2.90 bits per heavy atom. The van der Waals surface area contributed by atoms with Gasteiger partial charge in [-0.3, -0.25) is 4.79 Å². The van der Waals surface area contributed by atoms with Crippen molar-refractivity contribution in [1.29, 1.82) is 0 Å². The zero-order chi connectivity index (χ0) is 14.7. The van der Waals surface area contributed by atoms with E-state index in [1.807, 2.05) is 25.3 Å². The van der Waals surface area contributed by atoms with Crippen LogP contribution in [0.2, 0.25) is 0 Å². The van der Waals surface area contributed by atoms with Crippen LogP contribution in [0, 0.1) is 6.92 Å². The van der Waals surface area contributed by atoms with Crippen LogP contribution in [0.1, 0.15) is 34.5 Å². The summed E-state index contributed by atoms with van der Waals surface area (Å²) in [4.78, 5) is 22.0. The molecule has 0 aliphatic carbocycles. The summed E-state index contributed by atoms with van der Waals surface area (Å²) in [7, 11) is 0. The first kappa shape index (κ1) is 13.7. The number of carbonyl (C=O) groups is 1. The van der Waals surface area contributed by atoms with Crippen LogP contribution in [0.25, 0.3) is 0 Å². The van der Waals surface area contributed by atoms with Crippen LogP contribution in [0.4, 0.5) is 5.82 Å². The molecule has 0 saturated carbocycles. The summed E-state index contributed by atoms with van der Waals surface area (Å²) in [6, 6.07) is 5.75. The summed E-state index contributed by atoms with van der Waals surface area (Å²) in [5, 5.41) is 2.98. The molecule has 1 aliphatic rings.